The SMILES string of the molecule is CNC(=O)C(C)Oc1cc(F)ccc1[N+](=O)[O-]. The van der Waals surface area contributed by atoms with Gasteiger partial charge in [-0.25, -0.2) is 4.39 Å². The van der Waals surface area contributed by atoms with Crippen LogP contribution in [0.25, 0.3) is 0 Å². The van der Waals surface area contributed by atoms with Crippen LogP contribution in [0.4, 0.5) is 10.1 Å². The smallest absolute Gasteiger partial charge is 0.311 e. The van der Waals surface area contributed by atoms with Crippen LogP contribution in [0.2, 0.25) is 0 Å². The second kappa shape index (κ2) is 5.24. The number of halogens is 1. The van der Waals surface area contributed by atoms with Gasteiger partial charge >= 0.3 is 5.69 Å². The lowest BCUT2D eigenvalue weighted by Crippen LogP contribution is -2.33. The van der Waals surface area contributed by atoms with Gasteiger partial charge in [0, 0.05) is 19.2 Å². The van der Waals surface area contributed by atoms with Crippen molar-refractivity contribution < 1.29 is 18.8 Å². The number of nitro groups is 1. The predicted molar refractivity (Wildman–Crippen MR) is 57.2 cm³/mol. The Balaban J connectivity index is 3.00. The molecule has 1 N–H and O–H groups in total. The summed E-state index contributed by atoms with van der Waals surface area (Å²) in [5.41, 5.74) is -0.387. The number of hydrogen-bond acceptors (Lipinski definition) is 4. The Kier molecular flexibility index (Phi) is 3.97. The molecular formula is C10H11FN2O4. The van der Waals surface area contributed by atoms with Crippen LogP contribution in [0.5, 0.6) is 5.75 Å². The summed E-state index contributed by atoms with van der Waals surface area (Å²) in [6, 6.07) is 2.81. The van der Waals surface area contributed by atoms with Crippen LogP contribution in [0, 0.1) is 15.9 Å². The van der Waals surface area contributed by atoms with E-state index in [1.165, 1.54) is 14.0 Å². The van der Waals surface area contributed by atoms with Gasteiger partial charge < -0.3 is 10.1 Å². The number of nitrogens with one attached hydrogen (secondary N) is 1. The van der Waals surface area contributed by atoms with Gasteiger partial charge in [-0.3, -0.25) is 14.9 Å². The number of benzene rings is 1. The number of nitrogens with zero attached hydrogens (tertiary/aromatic N) is 1. The first kappa shape index (κ1) is 12.9. The number of nitro benzene ring substituents is 1. The monoisotopic (exact) mass is 242 g/mol. The van der Waals surface area contributed by atoms with Crippen LogP contribution in [-0.4, -0.2) is 24.0 Å². The normalized spacial score (nSPS) is 11.7. The molecule has 1 rings (SSSR count). The summed E-state index contributed by atoms with van der Waals surface area (Å²) in [4.78, 5) is 21.1. The molecule has 0 saturated heterocycles. The highest BCUT2D eigenvalue weighted by Gasteiger charge is 2.20. The molecule has 92 valence electrons. The first-order chi connectivity index (χ1) is 7.95. The summed E-state index contributed by atoms with van der Waals surface area (Å²) in [6.45, 7) is 1.41. The number of amides is 1. The quantitative estimate of drug-likeness (QED) is 0.636. The van der Waals surface area contributed by atoms with E-state index in [9.17, 15) is 19.3 Å². The molecule has 1 aromatic rings. The number of hydrogen-bond donors (Lipinski definition) is 1. The topological polar surface area (TPSA) is 81.5 Å². The van der Waals surface area contributed by atoms with Crippen molar-refractivity contribution in [3.8, 4) is 5.75 Å². The maximum atomic E-state index is 12.9. The van der Waals surface area contributed by atoms with Gasteiger partial charge in [-0.05, 0) is 13.0 Å². The Morgan fingerprint density at radius 2 is 2.24 bits per heavy atom. The number of likely N-dealkylation sites (N-methyl/N-ethyl adjacent to an activating group) is 1. The zero-order valence-electron chi connectivity index (χ0n) is 9.27. The molecule has 0 aliphatic heterocycles. The second-order valence-corrected chi connectivity index (χ2v) is 3.24. The van der Waals surface area contributed by atoms with E-state index < -0.39 is 22.8 Å². The summed E-state index contributed by atoms with van der Waals surface area (Å²) < 4.78 is 18.0. The van der Waals surface area contributed by atoms with Crippen LogP contribution in [0.15, 0.2) is 18.2 Å². The fourth-order valence-corrected chi connectivity index (χ4v) is 1.18. The summed E-state index contributed by atoms with van der Waals surface area (Å²) in [5.74, 6) is -1.40. The Morgan fingerprint density at radius 3 is 2.76 bits per heavy atom. The van der Waals surface area contributed by atoms with E-state index in [1.807, 2.05) is 0 Å². The molecule has 0 aliphatic carbocycles. The van der Waals surface area contributed by atoms with E-state index in [-0.39, 0.29) is 11.4 Å². The van der Waals surface area contributed by atoms with E-state index in [0.29, 0.717) is 0 Å². The standard InChI is InChI=1S/C10H11FN2O4/c1-6(10(14)12-2)17-9-5-7(11)3-4-8(9)13(15)16/h3-6H,1-2H3,(H,12,14). The third-order valence-corrected chi connectivity index (χ3v) is 2.04. The zero-order valence-corrected chi connectivity index (χ0v) is 9.27. The predicted octanol–water partition coefficient (Wildman–Crippen LogP) is 1.25. The molecule has 0 fully saturated rings. The van der Waals surface area contributed by atoms with Crippen LogP contribution >= 0.6 is 0 Å². The highest BCUT2D eigenvalue weighted by molar-refractivity contribution is 5.80. The largest absolute Gasteiger partial charge is 0.474 e. The van der Waals surface area contributed by atoms with Crippen LogP contribution in [0.1, 0.15) is 6.92 Å². The molecule has 0 spiro atoms. The highest BCUT2D eigenvalue weighted by atomic mass is 19.1. The minimum atomic E-state index is -0.944. The Labute approximate surface area is 96.5 Å². The minimum absolute atomic E-state index is 0.272. The molecule has 1 amide bonds. The molecule has 17 heavy (non-hydrogen) atoms. The maximum absolute atomic E-state index is 12.9. The highest BCUT2D eigenvalue weighted by Crippen LogP contribution is 2.28. The number of carbonyl (C=O) groups excluding carboxylic acids is 1. The van der Waals surface area contributed by atoms with Crippen molar-refractivity contribution in [1.82, 2.24) is 5.32 Å². The van der Waals surface area contributed by atoms with Gasteiger partial charge in [-0.2, -0.15) is 0 Å². The van der Waals surface area contributed by atoms with Crippen LogP contribution in [0.3, 0.4) is 0 Å². The van der Waals surface area contributed by atoms with Gasteiger partial charge in [0.05, 0.1) is 4.92 Å². The molecule has 0 saturated carbocycles. The molecule has 0 bridgehead atoms. The first-order valence-corrected chi connectivity index (χ1v) is 4.78. The lowest BCUT2D eigenvalue weighted by Gasteiger charge is -2.12. The van der Waals surface area contributed by atoms with Crippen molar-refractivity contribution in [3.63, 3.8) is 0 Å². The van der Waals surface area contributed by atoms with Crippen LogP contribution in [-0.2, 0) is 4.79 Å². The summed E-state index contributed by atoms with van der Waals surface area (Å²) >= 11 is 0. The zero-order chi connectivity index (χ0) is 13.0. The van der Waals surface area contributed by atoms with Gasteiger partial charge in [-0.15, -0.1) is 0 Å². The lowest BCUT2D eigenvalue weighted by atomic mass is 10.3. The van der Waals surface area contributed by atoms with E-state index in [4.69, 9.17) is 4.74 Å². The fourth-order valence-electron chi connectivity index (χ4n) is 1.18. The molecule has 1 atom stereocenters. The fraction of sp³-hybridized carbons (Fsp3) is 0.300. The molecule has 6 nitrogen and oxygen atoms in total. The molecule has 7 heteroatoms. The summed E-state index contributed by atoms with van der Waals surface area (Å²) in [5, 5.41) is 13.0. The van der Waals surface area contributed by atoms with Crippen molar-refractivity contribution in [2.24, 2.45) is 0 Å². The third kappa shape index (κ3) is 3.13. The van der Waals surface area contributed by atoms with Gasteiger partial charge in [0.2, 0.25) is 5.75 Å². The molecule has 0 radical (unpaired) electrons. The Hall–Kier alpha value is -2.18. The summed E-state index contributed by atoms with van der Waals surface area (Å²) in [7, 11) is 1.40. The van der Waals surface area contributed by atoms with Crippen LogP contribution < -0.4 is 10.1 Å². The number of carbonyl (C=O) groups is 1. The minimum Gasteiger partial charge on any atom is -0.474 e. The third-order valence-electron chi connectivity index (χ3n) is 2.04. The first-order valence-electron chi connectivity index (χ1n) is 4.78. The second-order valence-electron chi connectivity index (χ2n) is 3.24. The number of rotatable bonds is 4. The Bertz CT molecular complexity index is 450. The van der Waals surface area contributed by atoms with E-state index in [1.54, 1.807) is 0 Å². The Morgan fingerprint density at radius 1 is 1.59 bits per heavy atom. The average Bonchev–Trinajstić information content (AvgIpc) is 2.27. The van der Waals surface area contributed by atoms with Gasteiger partial charge in [0.1, 0.15) is 5.82 Å². The van der Waals surface area contributed by atoms with E-state index >= 15 is 0 Å². The maximum Gasteiger partial charge on any atom is 0.311 e. The van der Waals surface area contributed by atoms with Gasteiger partial charge in [0.15, 0.2) is 6.10 Å². The lowest BCUT2D eigenvalue weighted by molar-refractivity contribution is -0.386. The summed E-state index contributed by atoms with van der Waals surface area (Å²) in [6.07, 6.45) is -0.944. The molecular weight excluding hydrogens is 231 g/mol. The molecule has 1 aromatic carbocycles. The van der Waals surface area contributed by atoms with Crippen molar-refractivity contribution >= 4 is 11.6 Å². The van der Waals surface area contributed by atoms with Crippen molar-refractivity contribution in [3.05, 3.63) is 34.1 Å². The average molecular weight is 242 g/mol. The van der Waals surface area contributed by atoms with E-state index in [0.717, 1.165) is 18.2 Å². The molecule has 0 aromatic heterocycles. The van der Waals surface area contributed by atoms with Gasteiger partial charge in [0.25, 0.3) is 5.91 Å². The molecule has 0 heterocycles. The molecule has 1 unspecified atom stereocenters. The van der Waals surface area contributed by atoms with Crippen molar-refractivity contribution in [1.29, 1.82) is 0 Å². The van der Waals surface area contributed by atoms with Gasteiger partial charge in [-0.1, -0.05) is 0 Å². The van der Waals surface area contributed by atoms with Crippen molar-refractivity contribution in [2.75, 3.05) is 7.05 Å². The number of ether oxygens (including phenoxy) is 1. The van der Waals surface area contributed by atoms with Crippen molar-refractivity contribution in [2.45, 2.75) is 13.0 Å². The van der Waals surface area contributed by atoms with E-state index in [2.05, 4.69) is 5.32 Å². The molecule has 0 aliphatic rings.